The van der Waals surface area contributed by atoms with Gasteiger partial charge in [-0.1, -0.05) is 19.9 Å². The Balaban J connectivity index is 2.35. The molecule has 0 N–H and O–H groups in total. The molecule has 22 heavy (non-hydrogen) atoms. The molecule has 1 atom stereocenters. The van der Waals surface area contributed by atoms with Gasteiger partial charge in [-0.3, -0.25) is 4.79 Å². The minimum absolute atomic E-state index is 0.000699. The Bertz CT molecular complexity index is 653. The number of rotatable bonds is 4. The van der Waals surface area contributed by atoms with E-state index < -0.39 is 39.0 Å². The van der Waals surface area contributed by atoms with Crippen LogP contribution < -0.4 is 0 Å². The number of carbonyl (C=O) groups is 1. The highest BCUT2D eigenvalue weighted by Crippen LogP contribution is 2.23. The normalized spacial score (nSPS) is 20.3. The Morgan fingerprint density at radius 1 is 1.32 bits per heavy atom. The molecular weight excluding hydrogens is 312 g/mol. The Kier molecular flexibility index (Phi) is 4.84. The second-order valence-corrected chi connectivity index (χ2v) is 8.23. The van der Waals surface area contributed by atoms with Crippen LogP contribution in [0.5, 0.6) is 0 Å². The molecule has 1 unspecified atom stereocenters. The molecule has 0 radical (unpaired) electrons. The van der Waals surface area contributed by atoms with Crippen LogP contribution in [-0.2, 0) is 9.84 Å². The van der Waals surface area contributed by atoms with Gasteiger partial charge in [-0.25, -0.2) is 17.2 Å². The minimum atomic E-state index is -3.19. The summed E-state index contributed by atoms with van der Waals surface area (Å²) in [5, 5.41) is 0. The first-order valence-electron chi connectivity index (χ1n) is 7.16. The Labute approximate surface area is 129 Å². The van der Waals surface area contributed by atoms with Crippen molar-refractivity contribution in [2.75, 3.05) is 18.1 Å². The Morgan fingerprint density at radius 2 is 1.91 bits per heavy atom. The lowest BCUT2D eigenvalue weighted by Gasteiger charge is -2.30. The van der Waals surface area contributed by atoms with Gasteiger partial charge in [-0.15, -0.1) is 0 Å². The standard InChI is InChI=1S/C15H19F2NO3S/c1-10(2)8-18(11-6-7-22(20,21)9-11)15(19)14-12(16)4-3-5-13(14)17/h3-5,10-11H,6-9H2,1-2H3. The molecule has 0 spiro atoms. The van der Waals surface area contributed by atoms with Gasteiger partial charge in [-0.05, 0) is 24.5 Å². The quantitative estimate of drug-likeness (QED) is 0.850. The summed E-state index contributed by atoms with van der Waals surface area (Å²) in [6.07, 6.45) is 0.302. The first-order valence-corrected chi connectivity index (χ1v) is 8.99. The second kappa shape index (κ2) is 6.32. The van der Waals surface area contributed by atoms with Gasteiger partial charge in [0.2, 0.25) is 0 Å². The predicted molar refractivity (Wildman–Crippen MR) is 79.3 cm³/mol. The molecule has 0 aromatic heterocycles. The maximum Gasteiger partial charge on any atom is 0.260 e. The molecule has 0 bridgehead atoms. The van der Waals surface area contributed by atoms with E-state index >= 15 is 0 Å². The Morgan fingerprint density at radius 3 is 2.36 bits per heavy atom. The van der Waals surface area contributed by atoms with E-state index in [1.165, 1.54) is 11.0 Å². The molecule has 0 aliphatic carbocycles. The van der Waals surface area contributed by atoms with E-state index in [0.29, 0.717) is 6.42 Å². The lowest BCUT2D eigenvalue weighted by atomic mass is 10.1. The minimum Gasteiger partial charge on any atom is -0.334 e. The van der Waals surface area contributed by atoms with Crippen molar-refractivity contribution in [3.8, 4) is 0 Å². The van der Waals surface area contributed by atoms with Crippen LogP contribution in [0.4, 0.5) is 8.78 Å². The van der Waals surface area contributed by atoms with Gasteiger partial charge in [0.15, 0.2) is 9.84 Å². The molecule has 122 valence electrons. The van der Waals surface area contributed by atoms with Gasteiger partial charge in [-0.2, -0.15) is 0 Å². The highest BCUT2D eigenvalue weighted by Gasteiger charge is 2.36. The van der Waals surface area contributed by atoms with E-state index in [2.05, 4.69) is 0 Å². The lowest BCUT2D eigenvalue weighted by Crippen LogP contribution is -2.44. The van der Waals surface area contributed by atoms with Crippen molar-refractivity contribution in [1.82, 2.24) is 4.90 Å². The largest absolute Gasteiger partial charge is 0.334 e. The molecule has 1 aliphatic heterocycles. The SMILES string of the molecule is CC(C)CN(C(=O)c1c(F)cccc1F)C1CCS(=O)(=O)C1. The number of benzene rings is 1. The Hall–Kier alpha value is -1.50. The van der Waals surface area contributed by atoms with Crippen LogP contribution in [0.25, 0.3) is 0 Å². The third-order valence-corrected chi connectivity index (χ3v) is 5.40. The lowest BCUT2D eigenvalue weighted by molar-refractivity contribution is 0.0662. The molecule has 1 fully saturated rings. The highest BCUT2D eigenvalue weighted by atomic mass is 32.2. The van der Waals surface area contributed by atoms with Gasteiger partial charge < -0.3 is 4.90 Å². The van der Waals surface area contributed by atoms with Gasteiger partial charge in [0.25, 0.3) is 5.91 Å². The van der Waals surface area contributed by atoms with Crippen molar-refractivity contribution in [1.29, 1.82) is 0 Å². The average Bonchev–Trinajstić information content (AvgIpc) is 2.75. The van der Waals surface area contributed by atoms with Crippen LogP contribution in [0.1, 0.15) is 30.6 Å². The summed E-state index contributed by atoms with van der Waals surface area (Å²) in [6.45, 7) is 3.98. The zero-order valence-electron chi connectivity index (χ0n) is 12.6. The third-order valence-electron chi connectivity index (χ3n) is 3.65. The fraction of sp³-hybridized carbons (Fsp3) is 0.533. The molecule has 0 saturated carbocycles. The fourth-order valence-corrected chi connectivity index (χ4v) is 4.39. The summed E-state index contributed by atoms with van der Waals surface area (Å²) in [5.41, 5.74) is -0.618. The van der Waals surface area contributed by atoms with Crippen molar-refractivity contribution in [2.24, 2.45) is 5.92 Å². The van der Waals surface area contributed by atoms with E-state index in [-0.39, 0.29) is 24.0 Å². The number of nitrogens with zero attached hydrogens (tertiary/aromatic N) is 1. The average molecular weight is 331 g/mol. The molecule has 1 heterocycles. The van der Waals surface area contributed by atoms with Crippen molar-refractivity contribution in [2.45, 2.75) is 26.3 Å². The van der Waals surface area contributed by atoms with Crippen molar-refractivity contribution in [3.63, 3.8) is 0 Å². The zero-order chi connectivity index (χ0) is 16.5. The molecule has 7 heteroatoms. The van der Waals surface area contributed by atoms with Crippen LogP contribution in [0.2, 0.25) is 0 Å². The molecule has 4 nitrogen and oxygen atoms in total. The maximum absolute atomic E-state index is 13.8. The van der Waals surface area contributed by atoms with Crippen molar-refractivity contribution >= 4 is 15.7 Å². The van der Waals surface area contributed by atoms with Crippen LogP contribution in [0.15, 0.2) is 18.2 Å². The molecular formula is C15H19F2NO3S. The van der Waals surface area contributed by atoms with Crippen LogP contribution in [0, 0.1) is 17.6 Å². The van der Waals surface area contributed by atoms with E-state index in [0.717, 1.165) is 12.1 Å². The second-order valence-electron chi connectivity index (χ2n) is 6.00. The zero-order valence-corrected chi connectivity index (χ0v) is 13.4. The van der Waals surface area contributed by atoms with Crippen LogP contribution >= 0.6 is 0 Å². The van der Waals surface area contributed by atoms with Crippen molar-refractivity contribution in [3.05, 3.63) is 35.4 Å². The highest BCUT2D eigenvalue weighted by molar-refractivity contribution is 7.91. The molecule has 1 amide bonds. The summed E-state index contributed by atoms with van der Waals surface area (Å²) in [7, 11) is -3.19. The van der Waals surface area contributed by atoms with Gasteiger partial charge in [0.05, 0.1) is 11.5 Å². The third kappa shape index (κ3) is 3.63. The molecule has 1 aromatic carbocycles. The maximum atomic E-state index is 13.8. The topological polar surface area (TPSA) is 54.5 Å². The number of amides is 1. The first-order chi connectivity index (χ1) is 10.2. The molecule has 1 saturated heterocycles. The number of sulfone groups is 1. The fourth-order valence-electron chi connectivity index (χ4n) is 2.66. The van der Waals surface area contributed by atoms with E-state index in [9.17, 15) is 22.0 Å². The van der Waals surface area contributed by atoms with Crippen molar-refractivity contribution < 1.29 is 22.0 Å². The van der Waals surface area contributed by atoms with Gasteiger partial charge >= 0.3 is 0 Å². The molecule has 1 aliphatic rings. The molecule has 2 rings (SSSR count). The summed E-state index contributed by atoms with van der Waals surface area (Å²) in [5.74, 6) is -2.74. The summed E-state index contributed by atoms with van der Waals surface area (Å²) in [4.78, 5) is 13.9. The van der Waals surface area contributed by atoms with E-state index in [1.807, 2.05) is 13.8 Å². The van der Waals surface area contributed by atoms with Gasteiger partial charge in [0, 0.05) is 12.6 Å². The number of halogens is 2. The smallest absolute Gasteiger partial charge is 0.260 e. The summed E-state index contributed by atoms with van der Waals surface area (Å²) >= 11 is 0. The first kappa shape index (κ1) is 16.9. The summed E-state index contributed by atoms with van der Waals surface area (Å²) < 4.78 is 50.9. The number of hydrogen-bond acceptors (Lipinski definition) is 3. The van der Waals surface area contributed by atoms with E-state index in [1.54, 1.807) is 0 Å². The predicted octanol–water partition coefficient (Wildman–Crippen LogP) is 2.25. The van der Waals surface area contributed by atoms with E-state index in [4.69, 9.17) is 0 Å². The molecule has 1 aromatic rings. The number of carbonyl (C=O) groups excluding carboxylic acids is 1. The van der Waals surface area contributed by atoms with Gasteiger partial charge in [0.1, 0.15) is 17.2 Å². The number of hydrogen-bond donors (Lipinski definition) is 0. The summed E-state index contributed by atoms with van der Waals surface area (Å²) in [6, 6.07) is 2.71. The van der Waals surface area contributed by atoms with Crippen LogP contribution in [-0.4, -0.2) is 43.3 Å². The van der Waals surface area contributed by atoms with Crippen LogP contribution in [0.3, 0.4) is 0 Å². The monoisotopic (exact) mass is 331 g/mol.